The summed E-state index contributed by atoms with van der Waals surface area (Å²) < 4.78 is 26.6. The molecule has 0 amide bonds. The SMILES string of the molecule is Cc1n[nH]c(C)c1S(=O)(=O)NCCc1ncn[nH]1. The molecule has 2 aromatic rings. The van der Waals surface area contributed by atoms with Crippen LogP contribution in [0, 0.1) is 13.8 Å². The summed E-state index contributed by atoms with van der Waals surface area (Å²) >= 11 is 0. The molecule has 0 aromatic carbocycles. The molecule has 0 saturated carbocycles. The average Bonchev–Trinajstić information content (AvgIpc) is 2.89. The second-order valence-electron chi connectivity index (χ2n) is 3.84. The molecule has 0 spiro atoms. The zero-order chi connectivity index (χ0) is 13.2. The van der Waals surface area contributed by atoms with Crippen molar-refractivity contribution in [3.63, 3.8) is 0 Å². The molecule has 0 aliphatic heterocycles. The van der Waals surface area contributed by atoms with Gasteiger partial charge in [-0.3, -0.25) is 10.2 Å². The summed E-state index contributed by atoms with van der Waals surface area (Å²) in [6.07, 6.45) is 1.84. The summed E-state index contributed by atoms with van der Waals surface area (Å²) in [4.78, 5) is 4.12. The molecule has 98 valence electrons. The number of rotatable bonds is 5. The van der Waals surface area contributed by atoms with E-state index in [-0.39, 0.29) is 11.4 Å². The first-order valence-electron chi connectivity index (χ1n) is 5.36. The maximum atomic E-state index is 12.0. The van der Waals surface area contributed by atoms with Gasteiger partial charge in [-0.2, -0.15) is 10.2 Å². The Kier molecular flexibility index (Phi) is 3.43. The fourth-order valence-electron chi connectivity index (χ4n) is 1.66. The van der Waals surface area contributed by atoms with Gasteiger partial charge in [0.2, 0.25) is 10.0 Å². The molecular formula is C9H14N6O2S. The molecule has 0 aliphatic carbocycles. The second-order valence-corrected chi connectivity index (χ2v) is 5.55. The van der Waals surface area contributed by atoms with Gasteiger partial charge in [-0.15, -0.1) is 0 Å². The highest BCUT2D eigenvalue weighted by molar-refractivity contribution is 7.89. The van der Waals surface area contributed by atoms with Crippen molar-refractivity contribution >= 4 is 10.0 Å². The Morgan fingerprint density at radius 3 is 2.67 bits per heavy atom. The summed E-state index contributed by atoms with van der Waals surface area (Å²) in [6, 6.07) is 0. The van der Waals surface area contributed by atoms with Crippen LogP contribution in [0.2, 0.25) is 0 Å². The van der Waals surface area contributed by atoms with Crippen LogP contribution in [-0.2, 0) is 16.4 Å². The van der Waals surface area contributed by atoms with Crippen LogP contribution in [-0.4, -0.2) is 40.3 Å². The van der Waals surface area contributed by atoms with Crippen molar-refractivity contribution < 1.29 is 8.42 Å². The Morgan fingerprint density at radius 1 is 1.33 bits per heavy atom. The van der Waals surface area contributed by atoms with E-state index >= 15 is 0 Å². The number of H-pyrrole nitrogens is 2. The number of sulfonamides is 1. The third kappa shape index (κ3) is 2.57. The van der Waals surface area contributed by atoms with Gasteiger partial charge in [0.1, 0.15) is 17.0 Å². The summed E-state index contributed by atoms with van der Waals surface area (Å²) in [5.74, 6) is 0.637. The molecule has 0 fully saturated rings. The Balaban J connectivity index is 2.04. The fourth-order valence-corrected chi connectivity index (χ4v) is 3.06. The third-order valence-corrected chi connectivity index (χ3v) is 4.17. The van der Waals surface area contributed by atoms with E-state index in [0.29, 0.717) is 23.6 Å². The number of aryl methyl sites for hydroxylation is 2. The van der Waals surface area contributed by atoms with Gasteiger partial charge in [0, 0.05) is 13.0 Å². The largest absolute Gasteiger partial charge is 0.281 e. The molecule has 8 nitrogen and oxygen atoms in total. The first-order chi connectivity index (χ1) is 8.50. The third-order valence-electron chi connectivity index (χ3n) is 2.45. The fraction of sp³-hybridized carbons (Fsp3) is 0.444. The Labute approximate surface area is 104 Å². The zero-order valence-electron chi connectivity index (χ0n) is 10.1. The maximum absolute atomic E-state index is 12.0. The highest BCUT2D eigenvalue weighted by Crippen LogP contribution is 2.15. The van der Waals surface area contributed by atoms with Crippen molar-refractivity contribution in [3.8, 4) is 0 Å². The van der Waals surface area contributed by atoms with Crippen molar-refractivity contribution in [2.24, 2.45) is 0 Å². The minimum Gasteiger partial charge on any atom is -0.281 e. The van der Waals surface area contributed by atoms with Crippen molar-refractivity contribution in [3.05, 3.63) is 23.5 Å². The predicted octanol–water partition coefficient (Wildman–Crippen LogP) is -0.334. The lowest BCUT2D eigenvalue weighted by Crippen LogP contribution is -2.27. The minimum atomic E-state index is -3.54. The zero-order valence-corrected chi connectivity index (χ0v) is 10.9. The Bertz CT molecular complexity index is 596. The smallest absolute Gasteiger partial charge is 0.244 e. The first kappa shape index (κ1) is 12.7. The molecule has 3 N–H and O–H groups in total. The lowest BCUT2D eigenvalue weighted by Gasteiger charge is -2.05. The number of nitrogens with one attached hydrogen (secondary N) is 3. The van der Waals surface area contributed by atoms with Gasteiger partial charge in [0.15, 0.2) is 0 Å². The van der Waals surface area contributed by atoms with Gasteiger partial charge in [-0.25, -0.2) is 18.1 Å². The molecule has 0 atom stereocenters. The normalized spacial score (nSPS) is 11.9. The molecule has 2 aromatic heterocycles. The van der Waals surface area contributed by atoms with E-state index < -0.39 is 10.0 Å². The predicted molar refractivity (Wildman–Crippen MR) is 63.3 cm³/mol. The van der Waals surface area contributed by atoms with Crippen LogP contribution in [0.15, 0.2) is 11.2 Å². The molecular weight excluding hydrogens is 256 g/mol. The summed E-state index contributed by atoms with van der Waals surface area (Å²) in [5.41, 5.74) is 0.985. The monoisotopic (exact) mass is 270 g/mol. The van der Waals surface area contributed by atoms with E-state index in [4.69, 9.17) is 0 Å². The Hall–Kier alpha value is -1.74. The summed E-state index contributed by atoms with van der Waals surface area (Å²) in [5, 5.41) is 12.9. The van der Waals surface area contributed by atoms with E-state index in [2.05, 4.69) is 30.1 Å². The van der Waals surface area contributed by atoms with Crippen LogP contribution < -0.4 is 4.72 Å². The lowest BCUT2D eigenvalue weighted by atomic mass is 10.4. The second kappa shape index (κ2) is 4.86. The number of aromatic nitrogens is 5. The van der Waals surface area contributed by atoms with Gasteiger partial charge in [-0.05, 0) is 13.8 Å². The lowest BCUT2D eigenvalue weighted by molar-refractivity contribution is 0.579. The molecule has 0 aliphatic rings. The minimum absolute atomic E-state index is 0.208. The van der Waals surface area contributed by atoms with Crippen LogP contribution in [0.1, 0.15) is 17.2 Å². The van der Waals surface area contributed by atoms with Gasteiger partial charge >= 0.3 is 0 Å². The topological polar surface area (TPSA) is 116 Å². The van der Waals surface area contributed by atoms with Crippen LogP contribution in [0.5, 0.6) is 0 Å². The molecule has 18 heavy (non-hydrogen) atoms. The van der Waals surface area contributed by atoms with E-state index in [0.717, 1.165) is 0 Å². The van der Waals surface area contributed by atoms with Gasteiger partial charge < -0.3 is 0 Å². The standard InChI is InChI=1S/C9H14N6O2S/c1-6-9(7(2)14-13-6)18(16,17)12-4-3-8-10-5-11-15-8/h5,12H,3-4H2,1-2H3,(H,13,14)(H,10,11,15). The highest BCUT2D eigenvalue weighted by atomic mass is 32.2. The molecule has 0 saturated heterocycles. The highest BCUT2D eigenvalue weighted by Gasteiger charge is 2.21. The van der Waals surface area contributed by atoms with Crippen molar-refractivity contribution in [1.82, 2.24) is 30.1 Å². The van der Waals surface area contributed by atoms with Crippen LogP contribution >= 0.6 is 0 Å². The van der Waals surface area contributed by atoms with E-state index in [9.17, 15) is 8.42 Å². The average molecular weight is 270 g/mol. The van der Waals surface area contributed by atoms with E-state index in [1.54, 1.807) is 13.8 Å². The Morgan fingerprint density at radius 2 is 2.11 bits per heavy atom. The van der Waals surface area contributed by atoms with Crippen LogP contribution in [0.25, 0.3) is 0 Å². The van der Waals surface area contributed by atoms with Gasteiger partial charge in [0.25, 0.3) is 0 Å². The van der Waals surface area contributed by atoms with Crippen LogP contribution in [0.3, 0.4) is 0 Å². The maximum Gasteiger partial charge on any atom is 0.244 e. The van der Waals surface area contributed by atoms with Crippen LogP contribution in [0.4, 0.5) is 0 Å². The van der Waals surface area contributed by atoms with E-state index in [1.165, 1.54) is 6.33 Å². The van der Waals surface area contributed by atoms with Gasteiger partial charge in [-0.1, -0.05) is 0 Å². The van der Waals surface area contributed by atoms with Crippen molar-refractivity contribution in [2.75, 3.05) is 6.54 Å². The van der Waals surface area contributed by atoms with E-state index in [1.807, 2.05) is 0 Å². The molecule has 2 heterocycles. The molecule has 0 bridgehead atoms. The number of nitrogens with zero attached hydrogens (tertiary/aromatic N) is 3. The molecule has 9 heteroatoms. The van der Waals surface area contributed by atoms with Gasteiger partial charge in [0.05, 0.1) is 11.4 Å². The molecule has 0 unspecified atom stereocenters. The van der Waals surface area contributed by atoms with Crippen molar-refractivity contribution in [2.45, 2.75) is 25.2 Å². The molecule has 2 rings (SSSR count). The summed E-state index contributed by atoms with van der Waals surface area (Å²) in [7, 11) is -3.54. The van der Waals surface area contributed by atoms with Crippen molar-refractivity contribution in [1.29, 1.82) is 0 Å². The number of hydrogen-bond acceptors (Lipinski definition) is 5. The number of aromatic amines is 2. The summed E-state index contributed by atoms with van der Waals surface area (Å²) in [6.45, 7) is 3.57. The quantitative estimate of drug-likeness (QED) is 0.687. The number of hydrogen-bond donors (Lipinski definition) is 3. The molecule has 0 radical (unpaired) electrons. The first-order valence-corrected chi connectivity index (χ1v) is 6.84.